The van der Waals surface area contributed by atoms with Gasteiger partial charge in [-0.05, 0) is 61.9 Å². The summed E-state index contributed by atoms with van der Waals surface area (Å²) in [6, 6.07) is 8.54. The molecule has 2 saturated heterocycles. The Bertz CT molecular complexity index is 629. The fourth-order valence-corrected chi connectivity index (χ4v) is 5.23. The molecule has 0 aromatic heterocycles. The summed E-state index contributed by atoms with van der Waals surface area (Å²) in [6.45, 7) is 2.13. The highest BCUT2D eigenvalue weighted by molar-refractivity contribution is 7.97. The predicted octanol–water partition coefficient (Wildman–Crippen LogP) is 4.62. The van der Waals surface area contributed by atoms with Crippen molar-refractivity contribution in [2.45, 2.75) is 49.6 Å². The van der Waals surface area contributed by atoms with E-state index in [2.05, 4.69) is 23.4 Å². The van der Waals surface area contributed by atoms with Crippen molar-refractivity contribution in [3.05, 3.63) is 41.1 Å². The minimum absolute atomic E-state index is 0.104. The molecule has 0 saturated carbocycles. The number of rotatable bonds is 4. The van der Waals surface area contributed by atoms with E-state index in [0.717, 1.165) is 29.9 Å². The first-order chi connectivity index (χ1) is 11.5. The number of ketones is 1. The van der Waals surface area contributed by atoms with Crippen molar-refractivity contribution < 1.29 is 4.79 Å². The molecule has 3 atom stereocenters. The van der Waals surface area contributed by atoms with Gasteiger partial charge in [-0.2, -0.15) is 0 Å². The van der Waals surface area contributed by atoms with Gasteiger partial charge in [0, 0.05) is 47.7 Å². The van der Waals surface area contributed by atoms with Gasteiger partial charge in [-0.1, -0.05) is 18.5 Å². The first kappa shape index (κ1) is 17.8. The molecule has 1 aromatic rings. The van der Waals surface area contributed by atoms with Crippen LogP contribution in [0.1, 0.15) is 32.6 Å². The maximum atomic E-state index is 13.0. The number of hydrogen-bond donors (Lipinski definition) is 0. The normalized spacial score (nSPS) is 29.1. The Morgan fingerprint density at radius 2 is 2.00 bits per heavy atom. The van der Waals surface area contributed by atoms with Crippen LogP contribution in [-0.4, -0.2) is 41.2 Å². The van der Waals surface area contributed by atoms with E-state index in [1.807, 2.05) is 37.3 Å². The number of hydrogen-bond acceptors (Lipinski definition) is 4. The van der Waals surface area contributed by atoms with Gasteiger partial charge in [0.15, 0.2) is 5.78 Å². The molecule has 0 radical (unpaired) electrons. The Morgan fingerprint density at radius 1 is 1.29 bits per heavy atom. The third-order valence-corrected chi connectivity index (χ3v) is 6.39. The Balaban J connectivity index is 1.94. The van der Waals surface area contributed by atoms with Crippen molar-refractivity contribution in [3.8, 4) is 0 Å². The smallest absolute Gasteiger partial charge is 0.166 e. The molecular formula is C19H25ClN2OS. The zero-order valence-corrected chi connectivity index (χ0v) is 16.1. The number of carbonyl (C=O) groups excluding carboxylic acids is 1. The third-order valence-electron chi connectivity index (χ3n) is 4.92. The zero-order chi connectivity index (χ0) is 17.3. The molecule has 3 rings (SSSR count). The number of halogens is 1. The van der Waals surface area contributed by atoms with E-state index >= 15 is 0 Å². The van der Waals surface area contributed by atoms with Gasteiger partial charge in [0.05, 0.1) is 6.04 Å². The van der Waals surface area contributed by atoms with Crippen LogP contribution in [0.5, 0.6) is 0 Å². The van der Waals surface area contributed by atoms with Crippen LogP contribution in [0.15, 0.2) is 40.9 Å². The average Bonchev–Trinajstić information content (AvgIpc) is 2.55. The van der Waals surface area contributed by atoms with Gasteiger partial charge in [-0.3, -0.25) is 4.79 Å². The molecular weight excluding hydrogens is 340 g/mol. The number of Topliss-reactive ketones (excluding diaryl/α,β-unsaturated/α-hetero) is 1. The van der Waals surface area contributed by atoms with Gasteiger partial charge in [-0.15, -0.1) is 0 Å². The monoisotopic (exact) mass is 364 g/mol. The summed E-state index contributed by atoms with van der Waals surface area (Å²) in [5, 5.41) is 0.757. The number of piperidine rings is 2. The Hall–Kier alpha value is -0.970. The van der Waals surface area contributed by atoms with Crippen LogP contribution in [0, 0.1) is 5.92 Å². The van der Waals surface area contributed by atoms with E-state index in [9.17, 15) is 4.79 Å². The van der Waals surface area contributed by atoms with Crippen LogP contribution < -0.4 is 0 Å². The quantitative estimate of drug-likeness (QED) is 0.574. The number of nitrogens with zero attached hydrogens (tertiary/aromatic N) is 2. The van der Waals surface area contributed by atoms with E-state index in [4.69, 9.17) is 11.6 Å². The van der Waals surface area contributed by atoms with Crippen LogP contribution in [0.4, 0.5) is 0 Å². The lowest BCUT2D eigenvalue weighted by molar-refractivity contribution is -0.124. The molecule has 2 bridgehead atoms. The molecule has 3 nitrogen and oxygen atoms in total. The molecule has 130 valence electrons. The van der Waals surface area contributed by atoms with Gasteiger partial charge in [0.1, 0.15) is 0 Å². The lowest BCUT2D eigenvalue weighted by Gasteiger charge is -2.49. The number of carbonyl (C=O) groups is 1. The zero-order valence-electron chi connectivity index (χ0n) is 14.5. The van der Waals surface area contributed by atoms with E-state index in [0.29, 0.717) is 11.8 Å². The summed E-state index contributed by atoms with van der Waals surface area (Å²) in [5.41, 5.74) is 0.976. The highest BCUT2D eigenvalue weighted by atomic mass is 35.5. The molecule has 24 heavy (non-hydrogen) atoms. The Kier molecular flexibility index (Phi) is 5.58. The van der Waals surface area contributed by atoms with Crippen LogP contribution in [0.2, 0.25) is 5.02 Å². The molecule has 0 aliphatic carbocycles. The average molecular weight is 365 g/mol. The SMILES string of the molecule is CCC1C(=O)/C(=C\N(C)C)C2CCCC1N2Sc1ccc(Cl)cc1. The maximum absolute atomic E-state index is 13.0. The van der Waals surface area contributed by atoms with E-state index < -0.39 is 0 Å². The summed E-state index contributed by atoms with van der Waals surface area (Å²) in [6.07, 6.45) is 6.29. The Labute approximate surface area is 154 Å². The molecule has 0 N–H and O–H groups in total. The number of benzene rings is 1. The topological polar surface area (TPSA) is 23.6 Å². The van der Waals surface area contributed by atoms with Crippen molar-refractivity contribution in [1.82, 2.24) is 9.21 Å². The predicted molar refractivity (Wildman–Crippen MR) is 101 cm³/mol. The van der Waals surface area contributed by atoms with Crippen LogP contribution in [0.3, 0.4) is 0 Å². The first-order valence-electron chi connectivity index (χ1n) is 8.65. The lowest BCUT2D eigenvalue weighted by Crippen LogP contribution is -2.55. The molecule has 1 aromatic carbocycles. The number of fused-ring (bicyclic) bond motifs is 2. The van der Waals surface area contributed by atoms with Gasteiger partial charge in [-0.25, -0.2) is 4.31 Å². The third kappa shape index (κ3) is 3.51. The molecule has 2 heterocycles. The van der Waals surface area contributed by atoms with Gasteiger partial charge >= 0.3 is 0 Å². The molecule has 2 fully saturated rings. The molecule has 0 spiro atoms. The van der Waals surface area contributed by atoms with Crippen molar-refractivity contribution >= 4 is 29.3 Å². The summed E-state index contributed by atoms with van der Waals surface area (Å²) in [5.74, 6) is 0.460. The van der Waals surface area contributed by atoms with Crippen molar-refractivity contribution in [2.24, 2.45) is 5.92 Å². The second-order valence-electron chi connectivity index (χ2n) is 6.85. The first-order valence-corrected chi connectivity index (χ1v) is 9.80. The maximum Gasteiger partial charge on any atom is 0.166 e. The van der Waals surface area contributed by atoms with E-state index in [-0.39, 0.29) is 12.0 Å². The molecule has 2 aliphatic rings. The summed E-state index contributed by atoms with van der Waals surface area (Å²) < 4.78 is 2.48. The Morgan fingerprint density at radius 3 is 2.62 bits per heavy atom. The molecule has 0 amide bonds. The second kappa shape index (κ2) is 7.51. The van der Waals surface area contributed by atoms with Gasteiger partial charge in [0.25, 0.3) is 0 Å². The van der Waals surface area contributed by atoms with Crippen molar-refractivity contribution in [1.29, 1.82) is 0 Å². The van der Waals surface area contributed by atoms with Gasteiger partial charge < -0.3 is 4.90 Å². The fraction of sp³-hybridized carbons (Fsp3) is 0.526. The summed E-state index contributed by atoms with van der Waals surface area (Å²) >= 11 is 7.79. The van der Waals surface area contributed by atoms with Gasteiger partial charge in [0.2, 0.25) is 0 Å². The van der Waals surface area contributed by atoms with Crippen LogP contribution in [0.25, 0.3) is 0 Å². The molecule has 3 unspecified atom stereocenters. The van der Waals surface area contributed by atoms with Crippen molar-refractivity contribution in [2.75, 3.05) is 14.1 Å². The van der Waals surface area contributed by atoms with E-state index in [1.165, 1.54) is 11.3 Å². The minimum Gasteiger partial charge on any atom is -0.383 e. The fourth-order valence-electron chi connectivity index (χ4n) is 3.86. The van der Waals surface area contributed by atoms with Crippen LogP contribution >= 0.6 is 23.5 Å². The standard InChI is InChI=1S/C19H25ClN2OS/c1-4-15-17-6-5-7-18(16(19(15)23)12-21(2)3)22(17)24-14-10-8-13(20)9-11-14/h8-12,15,17-18H,4-7H2,1-3H3/b16-12-. The largest absolute Gasteiger partial charge is 0.383 e. The summed E-state index contributed by atoms with van der Waals surface area (Å²) in [7, 11) is 3.99. The minimum atomic E-state index is 0.104. The summed E-state index contributed by atoms with van der Waals surface area (Å²) in [4.78, 5) is 16.2. The highest BCUT2D eigenvalue weighted by Gasteiger charge is 2.47. The molecule has 5 heteroatoms. The molecule has 2 aliphatic heterocycles. The second-order valence-corrected chi connectivity index (χ2v) is 8.36. The van der Waals surface area contributed by atoms with E-state index in [1.54, 1.807) is 11.9 Å². The lowest BCUT2D eigenvalue weighted by atomic mass is 9.75. The van der Waals surface area contributed by atoms with Crippen LogP contribution in [-0.2, 0) is 4.79 Å². The van der Waals surface area contributed by atoms with Crippen molar-refractivity contribution in [3.63, 3.8) is 0 Å². The highest BCUT2D eigenvalue weighted by Crippen LogP contribution is 2.45.